The summed E-state index contributed by atoms with van der Waals surface area (Å²) >= 11 is 3.52. The van der Waals surface area contributed by atoms with E-state index in [2.05, 4.69) is 33.4 Å². The molecule has 1 aliphatic heterocycles. The van der Waals surface area contributed by atoms with Crippen LogP contribution in [-0.2, 0) is 22.5 Å². The maximum absolute atomic E-state index is 11.1. The largest absolute Gasteiger partial charge is 0.493 e. The van der Waals surface area contributed by atoms with Crippen LogP contribution >= 0.6 is 15.9 Å². The summed E-state index contributed by atoms with van der Waals surface area (Å²) in [7, 11) is 0. The minimum absolute atomic E-state index is 0.305. The van der Waals surface area contributed by atoms with Gasteiger partial charge in [-0.05, 0) is 24.6 Å². The van der Waals surface area contributed by atoms with Crippen LogP contribution in [-0.4, -0.2) is 25.7 Å². The highest BCUT2D eigenvalue weighted by Crippen LogP contribution is 2.32. The van der Waals surface area contributed by atoms with Gasteiger partial charge in [-0.2, -0.15) is 0 Å². The first-order valence-electron chi connectivity index (χ1n) is 6.68. The number of nitrogens with one attached hydrogen (secondary N) is 1. The standard InChI is InChI=1S/C15H18BrNO3/c1-2-19-14(18)4-3-6-17-10-12-9-13(16)8-11-5-7-20-15(11)12/h3-4,8-9,17H,2,5-7,10H2,1H3/b4-3+. The van der Waals surface area contributed by atoms with Crippen LogP contribution < -0.4 is 10.1 Å². The van der Waals surface area contributed by atoms with Crippen molar-refractivity contribution in [1.29, 1.82) is 0 Å². The maximum Gasteiger partial charge on any atom is 0.330 e. The molecule has 2 rings (SSSR count). The lowest BCUT2D eigenvalue weighted by molar-refractivity contribution is -0.137. The van der Waals surface area contributed by atoms with Gasteiger partial charge in [0.05, 0.1) is 13.2 Å². The summed E-state index contributed by atoms with van der Waals surface area (Å²) in [6.07, 6.45) is 4.17. The quantitative estimate of drug-likeness (QED) is 0.491. The van der Waals surface area contributed by atoms with Crippen LogP contribution in [0.3, 0.4) is 0 Å². The summed E-state index contributed by atoms with van der Waals surface area (Å²) in [5.74, 6) is 0.691. The summed E-state index contributed by atoms with van der Waals surface area (Å²) in [4.78, 5) is 11.1. The van der Waals surface area contributed by atoms with Gasteiger partial charge in [-0.25, -0.2) is 4.79 Å². The van der Waals surface area contributed by atoms with E-state index in [9.17, 15) is 4.79 Å². The zero-order valence-corrected chi connectivity index (χ0v) is 13.0. The maximum atomic E-state index is 11.1. The number of fused-ring (bicyclic) bond motifs is 1. The summed E-state index contributed by atoms with van der Waals surface area (Å²) in [6.45, 7) is 4.26. The number of benzene rings is 1. The van der Waals surface area contributed by atoms with Gasteiger partial charge in [0, 0.05) is 35.6 Å². The molecule has 0 saturated carbocycles. The Balaban J connectivity index is 1.85. The van der Waals surface area contributed by atoms with Gasteiger partial charge < -0.3 is 14.8 Å². The van der Waals surface area contributed by atoms with Gasteiger partial charge in [0.25, 0.3) is 0 Å². The molecule has 0 aliphatic carbocycles. The molecular weight excluding hydrogens is 322 g/mol. The first-order chi connectivity index (χ1) is 9.70. The Hall–Kier alpha value is -1.33. The molecule has 0 radical (unpaired) electrons. The smallest absolute Gasteiger partial charge is 0.330 e. The molecule has 5 heteroatoms. The summed E-state index contributed by atoms with van der Waals surface area (Å²) in [5, 5.41) is 3.26. The zero-order chi connectivity index (χ0) is 14.4. The average Bonchev–Trinajstić information content (AvgIpc) is 2.86. The lowest BCUT2D eigenvalue weighted by atomic mass is 10.1. The van der Waals surface area contributed by atoms with Gasteiger partial charge in [-0.1, -0.05) is 22.0 Å². The summed E-state index contributed by atoms with van der Waals surface area (Å²) < 4.78 is 11.5. The van der Waals surface area contributed by atoms with Crippen molar-refractivity contribution in [2.75, 3.05) is 19.8 Å². The van der Waals surface area contributed by atoms with Crippen LogP contribution in [0, 0.1) is 0 Å². The lowest BCUT2D eigenvalue weighted by Gasteiger charge is -2.09. The Labute approximate surface area is 127 Å². The molecule has 0 amide bonds. The molecule has 1 aromatic rings. The minimum Gasteiger partial charge on any atom is -0.493 e. The van der Waals surface area contributed by atoms with Crippen molar-refractivity contribution in [3.63, 3.8) is 0 Å². The van der Waals surface area contributed by atoms with Crippen molar-refractivity contribution in [3.8, 4) is 5.75 Å². The highest BCUT2D eigenvalue weighted by atomic mass is 79.9. The van der Waals surface area contributed by atoms with Gasteiger partial charge in [-0.15, -0.1) is 0 Å². The van der Waals surface area contributed by atoms with E-state index in [1.807, 2.05) is 0 Å². The van der Waals surface area contributed by atoms with Crippen LogP contribution in [0.15, 0.2) is 28.8 Å². The fourth-order valence-corrected chi connectivity index (χ4v) is 2.67. The molecule has 1 aliphatic rings. The van der Waals surface area contributed by atoms with Crippen molar-refractivity contribution in [1.82, 2.24) is 5.32 Å². The molecular formula is C15H18BrNO3. The molecule has 1 heterocycles. The fraction of sp³-hybridized carbons (Fsp3) is 0.400. The SMILES string of the molecule is CCOC(=O)/C=C/CNCc1cc(Br)cc2c1OCC2. The number of hydrogen-bond acceptors (Lipinski definition) is 4. The van der Waals surface area contributed by atoms with Crippen LogP contribution in [0.4, 0.5) is 0 Å². The molecule has 0 fully saturated rings. The van der Waals surface area contributed by atoms with E-state index in [1.54, 1.807) is 13.0 Å². The van der Waals surface area contributed by atoms with Gasteiger partial charge in [0.2, 0.25) is 0 Å². The van der Waals surface area contributed by atoms with E-state index in [0.717, 1.165) is 28.8 Å². The van der Waals surface area contributed by atoms with Crippen LogP contribution in [0.1, 0.15) is 18.1 Å². The topological polar surface area (TPSA) is 47.6 Å². The van der Waals surface area contributed by atoms with E-state index >= 15 is 0 Å². The van der Waals surface area contributed by atoms with Crippen LogP contribution in [0.25, 0.3) is 0 Å². The van der Waals surface area contributed by atoms with Crippen molar-refractivity contribution >= 4 is 21.9 Å². The average molecular weight is 340 g/mol. The highest BCUT2D eigenvalue weighted by Gasteiger charge is 2.16. The van der Waals surface area contributed by atoms with Crippen molar-refractivity contribution in [3.05, 3.63) is 39.9 Å². The number of hydrogen-bond donors (Lipinski definition) is 1. The van der Waals surface area contributed by atoms with Gasteiger partial charge in [0.15, 0.2) is 0 Å². The molecule has 4 nitrogen and oxygen atoms in total. The molecule has 0 saturated heterocycles. The third-order valence-electron chi connectivity index (χ3n) is 2.94. The number of carbonyl (C=O) groups is 1. The van der Waals surface area contributed by atoms with E-state index in [-0.39, 0.29) is 5.97 Å². The summed E-state index contributed by atoms with van der Waals surface area (Å²) in [5.41, 5.74) is 2.38. The lowest BCUT2D eigenvalue weighted by Crippen LogP contribution is -2.14. The Bertz CT molecular complexity index is 514. The van der Waals surface area contributed by atoms with Crippen LogP contribution in [0.5, 0.6) is 5.75 Å². The van der Waals surface area contributed by atoms with Crippen molar-refractivity contribution in [2.45, 2.75) is 19.9 Å². The Morgan fingerprint density at radius 1 is 1.55 bits per heavy atom. The first-order valence-corrected chi connectivity index (χ1v) is 7.48. The molecule has 0 spiro atoms. The van der Waals surface area contributed by atoms with E-state index in [0.29, 0.717) is 19.7 Å². The second-order valence-corrected chi connectivity index (χ2v) is 5.35. The predicted octanol–water partition coefficient (Wildman–Crippen LogP) is 2.59. The molecule has 1 N–H and O–H groups in total. The molecule has 1 aromatic carbocycles. The van der Waals surface area contributed by atoms with E-state index < -0.39 is 0 Å². The summed E-state index contributed by atoms with van der Waals surface area (Å²) in [6, 6.07) is 4.17. The number of ether oxygens (including phenoxy) is 2. The third kappa shape index (κ3) is 4.08. The van der Waals surface area contributed by atoms with Gasteiger partial charge >= 0.3 is 5.97 Å². The van der Waals surface area contributed by atoms with E-state index in [4.69, 9.17) is 9.47 Å². The molecule has 0 unspecified atom stereocenters. The third-order valence-corrected chi connectivity index (χ3v) is 3.40. The van der Waals surface area contributed by atoms with Gasteiger partial charge in [-0.3, -0.25) is 0 Å². The van der Waals surface area contributed by atoms with E-state index in [1.165, 1.54) is 11.6 Å². The van der Waals surface area contributed by atoms with Gasteiger partial charge in [0.1, 0.15) is 5.75 Å². The predicted molar refractivity (Wildman–Crippen MR) is 80.8 cm³/mol. The second-order valence-electron chi connectivity index (χ2n) is 4.44. The molecule has 0 bridgehead atoms. The first kappa shape index (κ1) is 15.1. The van der Waals surface area contributed by atoms with Crippen molar-refractivity contribution < 1.29 is 14.3 Å². The normalized spacial score (nSPS) is 13.3. The zero-order valence-electron chi connectivity index (χ0n) is 11.4. The van der Waals surface area contributed by atoms with Crippen LogP contribution in [0.2, 0.25) is 0 Å². The number of rotatable bonds is 6. The number of esters is 1. The second kappa shape index (κ2) is 7.45. The Morgan fingerprint density at radius 2 is 2.40 bits per heavy atom. The highest BCUT2D eigenvalue weighted by molar-refractivity contribution is 9.10. The number of carbonyl (C=O) groups excluding carboxylic acids is 1. The molecule has 108 valence electrons. The number of halogens is 1. The van der Waals surface area contributed by atoms with Crippen molar-refractivity contribution in [2.24, 2.45) is 0 Å². The minimum atomic E-state index is -0.305. The molecule has 20 heavy (non-hydrogen) atoms. The Kier molecular flexibility index (Phi) is 5.61. The molecule has 0 aromatic heterocycles. The molecule has 0 atom stereocenters. The Morgan fingerprint density at radius 3 is 3.20 bits per heavy atom. The monoisotopic (exact) mass is 339 g/mol. The fourth-order valence-electron chi connectivity index (χ4n) is 2.11.